The van der Waals surface area contributed by atoms with Gasteiger partial charge in [-0.2, -0.15) is 0 Å². The minimum Gasteiger partial charge on any atom is -0.459 e. The van der Waals surface area contributed by atoms with Crippen LogP contribution in [-0.4, -0.2) is 48.1 Å². The normalized spacial score (nSPS) is 19.2. The van der Waals surface area contributed by atoms with E-state index in [9.17, 15) is 24.4 Å². The molecule has 0 bridgehead atoms. The van der Waals surface area contributed by atoms with Gasteiger partial charge in [0.15, 0.2) is 5.78 Å². The largest absolute Gasteiger partial charge is 0.488 e. The van der Waals surface area contributed by atoms with Crippen LogP contribution in [0.1, 0.15) is 52.0 Å². The van der Waals surface area contributed by atoms with Gasteiger partial charge in [-0.15, -0.1) is 0 Å². The van der Waals surface area contributed by atoms with Crippen molar-refractivity contribution in [3.8, 4) is 0 Å². The minimum atomic E-state index is -1.63. The number of hydrogen-bond donors (Lipinski definition) is 3. The molecule has 8 nitrogen and oxygen atoms in total. The summed E-state index contributed by atoms with van der Waals surface area (Å²) >= 11 is 0. The van der Waals surface area contributed by atoms with Gasteiger partial charge in [-0.05, 0) is 36.7 Å². The van der Waals surface area contributed by atoms with E-state index in [1.165, 1.54) is 6.92 Å². The molecule has 1 aliphatic heterocycles. The van der Waals surface area contributed by atoms with E-state index in [0.717, 1.165) is 5.70 Å². The number of ketones is 1. The molecule has 0 spiro atoms. The fourth-order valence-electron chi connectivity index (χ4n) is 4.37. The Morgan fingerprint density at radius 2 is 1.76 bits per heavy atom. The summed E-state index contributed by atoms with van der Waals surface area (Å²) in [6, 6.07) is 6.46. The van der Waals surface area contributed by atoms with Crippen molar-refractivity contribution in [1.82, 2.24) is 5.32 Å². The van der Waals surface area contributed by atoms with Gasteiger partial charge in [0, 0.05) is 34.9 Å². The van der Waals surface area contributed by atoms with Crippen molar-refractivity contribution in [3.05, 3.63) is 64.5 Å². The molecular formula is C25H30BNO7. The molecule has 3 rings (SSSR count). The van der Waals surface area contributed by atoms with Gasteiger partial charge in [-0.3, -0.25) is 4.79 Å². The SMILES string of the molecule is C=C(C)C(=O)OCCOC(=O)C1=C(C)NC2=C(C(=O)CC(C)(C)C2)C1c1ccc(B(O)O)cc1. The third-order valence-electron chi connectivity index (χ3n) is 5.93. The molecule has 1 aliphatic carbocycles. The van der Waals surface area contributed by atoms with Crippen LogP contribution in [0, 0.1) is 5.41 Å². The monoisotopic (exact) mass is 467 g/mol. The molecule has 0 radical (unpaired) electrons. The Bertz CT molecular complexity index is 1080. The van der Waals surface area contributed by atoms with Gasteiger partial charge in [0.05, 0.1) is 5.57 Å². The summed E-state index contributed by atoms with van der Waals surface area (Å²) in [7, 11) is -1.63. The Hall–Kier alpha value is -3.17. The smallest absolute Gasteiger partial charge is 0.459 e. The molecule has 3 N–H and O–H groups in total. The summed E-state index contributed by atoms with van der Waals surface area (Å²) < 4.78 is 10.4. The number of ether oxygens (including phenoxy) is 2. The average molecular weight is 467 g/mol. The Morgan fingerprint density at radius 1 is 1.15 bits per heavy atom. The number of rotatable bonds is 7. The van der Waals surface area contributed by atoms with Gasteiger partial charge in [0.1, 0.15) is 13.2 Å². The lowest BCUT2D eigenvalue weighted by molar-refractivity contribution is -0.147. The summed E-state index contributed by atoms with van der Waals surface area (Å²) in [5.41, 5.74) is 3.14. The van der Waals surface area contributed by atoms with Crippen LogP contribution in [0.2, 0.25) is 0 Å². The molecule has 1 unspecified atom stereocenters. The van der Waals surface area contributed by atoms with Crippen molar-refractivity contribution in [2.45, 2.75) is 46.5 Å². The number of Topliss-reactive ketones (excluding diaryl/α,β-unsaturated/α-hetero) is 1. The van der Waals surface area contributed by atoms with E-state index >= 15 is 0 Å². The number of nitrogens with one attached hydrogen (secondary N) is 1. The third-order valence-corrected chi connectivity index (χ3v) is 5.93. The van der Waals surface area contributed by atoms with Crippen LogP contribution in [-0.2, 0) is 23.9 Å². The summed E-state index contributed by atoms with van der Waals surface area (Å²) in [4.78, 5) is 38.0. The van der Waals surface area contributed by atoms with Crippen molar-refractivity contribution < 1.29 is 33.9 Å². The molecule has 1 heterocycles. The van der Waals surface area contributed by atoms with Gasteiger partial charge >= 0.3 is 19.1 Å². The van der Waals surface area contributed by atoms with E-state index < -0.39 is 25.0 Å². The predicted octanol–water partition coefficient (Wildman–Crippen LogP) is 1.63. The van der Waals surface area contributed by atoms with Crippen molar-refractivity contribution in [3.63, 3.8) is 0 Å². The summed E-state index contributed by atoms with van der Waals surface area (Å²) in [6.07, 6.45) is 0.990. The standard InChI is InChI=1S/C25H30BNO7/c1-14(2)23(29)33-10-11-34-24(30)20-15(3)27-18-12-25(4,5)13-19(28)22(18)21(20)16-6-8-17(9-7-16)26(31)32/h6-9,21,27,31-32H,1,10-13H2,2-5H3. The zero-order valence-electron chi connectivity index (χ0n) is 19.9. The fraction of sp³-hybridized carbons (Fsp3) is 0.400. The van der Waals surface area contributed by atoms with Crippen LogP contribution in [0.25, 0.3) is 0 Å². The molecule has 2 aliphatic rings. The van der Waals surface area contributed by atoms with Crippen LogP contribution in [0.3, 0.4) is 0 Å². The van der Waals surface area contributed by atoms with E-state index in [1.807, 2.05) is 13.8 Å². The van der Waals surface area contributed by atoms with Crippen LogP contribution in [0.5, 0.6) is 0 Å². The fourth-order valence-corrected chi connectivity index (χ4v) is 4.37. The van der Waals surface area contributed by atoms with Crippen molar-refractivity contribution in [2.75, 3.05) is 13.2 Å². The molecule has 0 fully saturated rings. The molecule has 0 saturated carbocycles. The molecule has 9 heteroatoms. The second-order valence-corrected chi connectivity index (χ2v) is 9.52. The number of esters is 2. The summed E-state index contributed by atoms with van der Waals surface area (Å²) in [6.45, 7) is 10.6. The van der Waals surface area contributed by atoms with Crippen LogP contribution < -0.4 is 10.8 Å². The van der Waals surface area contributed by atoms with Gasteiger partial charge < -0.3 is 24.8 Å². The van der Waals surface area contributed by atoms with Gasteiger partial charge in [-0.1, -0.05) is 44.7 Å². The maximum atomic E-state index is 13.3. The first kappa shape index (κ1) is 25.5. The van der Waals surface area contributed by atoms with Crippen molar-refractivity contribution >= 4 is 30.3 Å². The molecule has 1 aromatic carbocycles. The second-order valence-electron chi connectivity index (χ2n) is 9.52. The van der Waals surface area contributed by atoms with Gasteiger partial charge in [-0.25, -0.2) is 9.59 Å². The first-order chi connectivity index (χ1) is 15.9. The van der Waals surface area contributed by atoms with E-state index in [0.29, 0.717) is 35.1 Å². The molecule has 0 saturated heterocycles. The molecule has 1 atom stereocenters. The van der Waals surface area contributed by atoms with Crippen LogP contribution in [0.15, 0.2) is 59.0 Å². The highest BCUT2D eigenvalue weighted by Crippen LogP contribution is 2.46. The Balaban J connectivity index is 1.93. The molecule has 180 valence electrons. The maximum absolute atomic E-state index is 13.3. The Kier molecular flexibility index (Phi) is 7.48. The quantitative estimate of drug-likeness (QED) is 0.240. The first-order valence-electron chi connectivity index (χ1n) is 11.1. The van der Waals surface area contributed by atoms with Gasteiger partial charge in [0.2, 0.25) is 0 Å². The molecule has 34 heavy (non-hydrogen) atoms. The van der Waals surface area contributed by atoms with Crippen molar-refractivity contribution in [1.29, 1.82) is 0 Å². The topological polar surface area (TPSA) is 122 Å². The number of carbonyl (C=O) groups is 3. The van der Waals surface area contributed by atoms with E-state index in [2.05, 4.69) is 11.9 Å². The Labute approximate surface area is 199 Å². The number of dihydropyridines is 1. The summed E-state index contributed by atoms with van der Waals surface area (Å²) in [5, 5.41) is 22.1. The van der Waals surface area contributed by atoms with E-state index in [-0.39, 0.29) is 35.6 Å². The predicted molar refractivity (Wildman–Crippen MR) is 127 cm³/mol. The Morgan fingerprint density at radius 3 is 2.35 bits per heavy atom. The van der Waals surface area contributed by atoms with E-state index in [4.69, 9.17) is 9.47 Å². The molecule has 1 aromatic rings. The average Bonchev–Trinajstić information content (AvgIpc) is 2.74. The second kappa shape index (κ2) is 9.99. The number of benzene rings is 1. The lowest BCUT2D eigenvalue weighted by Gasteiger charge is -2.39. The number of hydrogen-bond acceptors (Lipinski definition) is 8. The highest BCUT2D eigenvalue weighted by Gasteiger charge is 2.43. The zero-order chi connectivity index (χ0) is 25.2. The van der Waals surface area contributed by atoms with Crippen molar-refractivity contribution in [2.24, 2.45) is 5.41 Å². The maximum Gasteiger partial charge on any atom is 0.488 e. The zero-order valence-corrected chi connectivity index (χ0v) is 19.9. The lowest BCUT2D eigenvalue weighted by Crippen LogP contribution is -2.39. The van der Waals surface area contributed by atoms with Crippen LogP contribution >= 0.6 is 0 Å². The highest BCUT2D eigenvalue weighted by atomic mass is 16.6. The molecule has 0 aromatic heterocycles. The van der Waals surface area contributed by atoms with Gasteiger partial charge in [0.25, 0.3) is 0 Å². The van der Waals surface area contributed by atoms with Crippen LogP contribution in [0.4, 0.5) is 0 Å². The number of allylic oxidation sites excluding steroid dienone is 3. The third kappa shape index (κ3) is 5.48. The lowest BCUT2D eigenvalue weighted by atomic mass is 9.68. The van der Waals surface area contributed by atoms with E-state index in [1.54, 1.807) is 31.2 Å². The highest BCUT2D eigenvalue weighted by molar-refractivity contribution is 6.58. The number of carbonyl (C=O) groups excluding carboxylic acids is 3. The summed E-state index contributed by atoms with van der Waals surface area (Å²) in [5.74, 6) is -1.92. The minimum absolute atomic E-state index is 0.0526. The molecule has 0 amide bonds. The molecular weight excluding hydrogens is 437 g/mol. The first-order valence-corrected chi connectivity index (χ1v) is 11.1.